The normalized spacial score (nSPS) is 11.3. The van der Waals surface area contributed by atoms with Crippen molar-refractivity contribution >= 4 is 21.2 Å². The van der Waals surface area contributed by atoms with E-state index < -0.39 is 10.2 Å². The van der Waals surface area contributed by atoms with Crippen molar-refractivity contribution < 1.29 is 8.42 Å². The van der Waals surface area contributed by atoms with E-state index in [1.54, 1.807) is 19.1 Å². The molecule has 16 heavy (non-hydrogen) atoms. The molecule has 1 heterocycles. The van der Waals surface area contributed by atoms with Gasteiger partial charge in [0, 0.05) is 4.91 Å². The molecule has 0 radical (unpaired) electrons. The molecule has 0 aliphatic rings. The zero-order chi connectivity index (χ0) is 11.8. The van der Waals surface area contributed by atoms with Gasteiger partial charge >= 0.3 is 10.2 Å². The van der Waals surface area contributed by atoms with Gasteiger partial charge in [-0.25, -0.2) is 0 Å². The molecule has 2 aromatic rings. The number of hydrogen-bond donors (Lipinski definition) is 0. The molecule has 9 heteroatoms. The molecule has 0 atom stereocenters. The van der Waals surface area contributed by atoms with Gasteiger partial charge in [-0.2, -0.15) is 8.42 Å². The maximum atomic E-state index is 11.5. The van der Waals surface area contributed by atoms with Gasteiger partial charge in [0.25, 0.3) is 0 Å². The summed E-state index contributed by atoms with van der Waals surface area (Å²) in [6.45, 7) is 1.78. The third-order valence-corrected chi connectivity index (χ3v) is 2.99. The summed E-state index contributed by atoms with van der Waals surface area (Å²) in [5.41, 5.74) is 9.68. The Balaban J connectivity index is 2.82. The first kappa shape index (κ1) is 10.4. The van der Waals surface area contributed by atoms with Crippen LogP contribution in [0.1, 0.15) is 5.56 Å². The van der Waals surface area contributed by atoms with Crippen molar-refractivity contribution in [2.24, 2.45) is 4.52 Å². The summed E-state index contributed by atoms with van der Waals surface area (Å²) in [5, 5.41) is 7.18. The van der Waals surface area contributed by atoms with Gasteiger partial charge in [-0.1, -0.05) is 17.3 Å². The van der Waals surface area contributed by atoms with Crippen molar-refractivity contribution in [2.45, 2.75) is 6.92 Å². The Hall–Kier alpha value is -2.12. The molecule has 0 aliphatic carbocycles. The Morgan fingerprint density at radius 3 is 2.94 bits per heavy atom. The number of azide groups is 1. The van der Waals surface area contributed by atoms with Crippen LogP contribution >= 0.6 is 0 Å². The summed E-state index contributed by atoms with van der Waals surface area (Å²) in [7, 11) is -4.16. The molecule has 0 N–H and O–H groups in total. The van der Waals surface area contributed by atoms with E-state index in [2.05, 4.69) is 19.7 Å². The average Bonchev–Trinajstić information content (AvgIpc) is 2.63. The third-order valence-electron chi connectivity index (χ3n) is 2.01. The molecule has 0 saturated heterocycles. The fourth-order valence-electron chi connectivity index (χ4n) is 1.31. The number of fused-ring (bicyclic) bond motifs is 1. The van der Waals surface area contributed by atoms with E-state index in [0.717, 1.165) is 5.56 Å². The number of hydrogen-bond acceptors (Lipinski definition) is 4. The Bertz CT molecular complexity index is 697. The highest BCUT2D eigenvalue weighted by Crippen LogP contribution is 2.16. The second kappa shape index (κ2) is 3.47. The molecule has 0 bridgehead atoms. The lowest BCUT2D eigenvalue weighted by Gasteiger charge is -1.97. The van der Waals surface area contributed by atoms with E-state index in [1.807, 2.05) is 0 Å². The zero-order valence-corrected chi connectivity index (χ0v) is 8.96. The number of aryl methyl sites for hydroxylation is 1. The minimum atomic E-state index is -4.16. The van der Waals surface area contributed by atoms with E-state index in [9.17, 15) is 8.42 Å². The highest BCUT2D eigenvalue weighted by Gasteiger charge is 2.17. The summed E-state index contributed by atoms with van der Waals surface area (Å²) in [4.78, 5) is 2.24. The maximum absolute atomic E-state index is 11.5. The zero-order valence-electron chi connectivity index (χ0n) is 8.14. The van der Waals surface area contributed by atoms with Crippen LogP contribution in [0.2, 0.25) is 0 Å². The van der Waals surface area contributed by atoms with Gasteiger partial charge in [-0.05, 0) is 24.1 Å². The molecule has 0 unspecified atom stereocenters. The molecule has 0 amide bonds. The largest absolute Gasteiger partial charge is 0.345 e. The van der Waals surface area contributed by atoms with Gasteiger partial charge in [0.1, 0.15) is 11.0 Å². The molecular formula is C7H6N6O2S. The summed E-state index contributed by atoms with van der Waals surface area (Å²) in [5.74, 6) is 0. The van der Waals surface area contributed by atoms with E-state index in [0.29, 0.717) is 9.60 Å². The lowest BCUT2D eigenvalue weighted by molar-refractivity contribution is 0.581. The lowest BCUT2D eigenvalue weighted by atomic mass is 10.2. The van der Waals surface area contributed by atoms with Crippen molar-refractivity contribution in [3.8, 4) is 0 Å². The molecule has 0 saturated carbocycles. The van der Waals surface area contributed by atoms with Gasteiger partial charge in [-0.3, -0.25) is 0 Å². The number of nitrogens with zero attached hydrogens (tertiary/aromatic N) is 6. The van der Waals surface area contributed by atoms with Crippen LogP contribution in [-0.2, 0) is 10.2 Å². The first-order valence-electron chi connectivity index (χ1n) is 4.19. The maximum Gasteiger partial charge on any atom is 0.345 e. The van der Waals surface area contributed by atoms with Gasteiger partial charge in [0.15, 0.2) is 0 Å². The van der Waals surface area contributed by atoms with Crippen LogP contribution < -0.4 is 0 Å². The van der Waals surface area contributed by atoms with Gasteiger partial charge in [0.2, 0.25) is 0 Å². The predicted octanol–water partition coefficient (Wildman–Crippen LogP) is 1.14. The highest BCUT2D eigenvalue weighted by molar-refractivity contribution is 7.88. The third kappa shape index (κ3) is 1.47. The molecule has 1 aromatic heterocycles. The molecule has 1 aromatic carbocycles. The van der Waals surface area contributed by atoms with Gasteiger partial charge < -0.3 is 0 Å². The van der Waals surface area contributed by atoms with Crippen LogP contribution in [-0.4, -0.2) is 22.8 Å². The summed E-state index contributed by atoms with van der Waals surface area (Å²) in [6.07, 6.45) is 0. The van der Waals surface area contributed by atoms with Gasteiger partial charge in [0.05, 0.1) is 4.52 Å². The van der Waals surface area contributed by atoms with E-state index in [1.165, 1.54) is 6.07 Å². The second-order valence-electron chi connectivity index (χ2n) is 3.02. The second-order valence-corrected chi connectivity index (χ2v) is 4.43. The first-order valence-corrected chi connectivity index (χ1v) is 5.59. The van der Waals surface area contributed by atoms with Crippen molar-refractivity contribution in [3.05, 3.63) is 34.2 Å². The van der Waals surface area contributed by atoms with E-state index in [-0.39, 0.29) is 5.52 Å². The van der Waals surface area contributed by atoms with Gasteiger partial charge in [-0.15, -0.1) is 9.19 Å². The topological polar surface area (TPSA) is 114 Å². The smallest absolute Gasteiger partial charge is 0.196 e. The van der Waals surface area contributed by atoms with Crippen molar-refractivity contribution in [3.63, 3.8) is 0 Å². The van der Waals surface area contributed by atoms with Crippen molar-refractivity contribution in [1.29, 1.82) is 0 Å². The van der Waals surface area contributed by atoms with E-state index >= 15 is 0 Å². The minimum absolute atomic E-state index is 0.285. The molecule has 82 valence electrons. The molecule has 0 fully saturated rings. The SMILES string of the molecule is Cc1cccc2c1nnn2S(=O)(=O)N=[N+]=[N-]. The predicted molar refractivity (Wildman–Crippen MR) is 55.7 cm³/mol. The molecular weight excluding hydrogens is 232 g/mol. The minimum Gasteiger partial charge on any atom is -0.196 e. The standard InChI is InChI=1S/C7H6N6O2S/c1-5-3-2-4-6-7(5)9-11-13(6)16(14,15)12-10-8/h2-4H,1H3. The number of benzene rings is 1. The Morgan fingerprint density at radius 1 is 1.50 bits per heavy atom. The Labute approximate surface area is 90.3 Å². The Kier molecular flexibility index (Phi) is 2.26. The summed E-state index contributed by atoms with van der Waals surface area (Å²) in [6, 6.07) is 4.98. The monoisotopic (exact) mass is 238 g/mol. The molecule has 2 rings (SSSR count). The summed E-state index contributed by atoms with van der Waals surface area (Å²) >= 11 is 0. The molecule has 0 spiro atoms. The van der Waals surface area contributed by atoms with Crippen molar-refractivity contribution in [2.75, 3.05) is 0 Å². The molecule has 8 nitrogen and oxygen atoms in total. The fraction of sp³-hybridized carbons (Fsp3) is 0.143. The lowest BCUT2D eigenvalue weighted by Crippen LogP contribution is -2.10. The number of rotatable bonds is 2. The van der Waals surface area contributed by atoms with E-state index in [4.69, 9.17) is 5.53 Å². The number of aromatic nitrogens is 3. The van der Waals surface area contributed by atoms with Crippen LogP contribution in [0.15, 0.2) is 22.7 Å². The summed E-state index contributed by atoms with van der Waals surface area (Å²) < 4.78 is 26.2. The quantitative estimate of drug-likeness (QED) is 0.443. The van der Waals surface area contributed by atoms with Crippen molar-refractivity contribution in [1.82, 2.24) is 14.4 Å². The first-order chi connectivity index (χ1) is 7.56. The van der Waals surface area contributed by atoms with Crippen LogP contribution in [0.3, 0.4) is 0 Å². The average molecular weight is 238 g/mol. The van der Waals surface area contributed by atoms with Crippen LogP contribution in [0.4, 0.5) is 0 Å². The van der Waals surface area contributed by atoms with Crippen LogP contribution in [0, 0.1) is 6.92 Å². The highest BCUT2D eigenvalue weighted by atomic mass is 32.2. The molecule has 0 aliphatic heterocycles. The van der Waals surface area contributed by atoms with Crippen LogP contribution in [0.5, 0.6) is 0 Å². The van der Waals surface area contributed by atoms with Crippen LogP contribution in [0.25, 0.3) is 21.5 Å². The fourth-order valence-corrected chi connectivity index (χ4v) is 2.00. The Morgan fingerprint density at radius 2 is 2.25 bits per heavy atom.